The Labute approximate surface area is 134 Å². The SMILES string of the molecule is CCOC(=O)c1ccc([C@H]2Nc3ccccc3S(=O)(=O)N2)cc1. The molecule has 1 aliphatic heterocycles. The molecule has 0 spiro atoms. The minimum atomic E-state index is -3.58. The number of hydrogen-bond donors (Lipinski definition) is 2. The minimum Gasteiger partial charge on any atom is -0.462 e. The van der Waals surface area contributed by atoms with Crippen LogP contribution in [-0.2, 0) is 14.8 Å². The summed E-state index contributed by atoms with van der Waals surface area (Å²) in [6, 6.07) is 13.3. The van der Waals surface area contributed by atoms with Crippen LogP contribution < -0.4 is 10.0 Å². The Bertz CT molecular complexity index is 831. The third-order valence-electron chi connectivity index (χ3n) is 3.50. The van der Waals surface area contributed by atoms with Crippen molar-refractivity contribution < 1.29 is 17.9 Å². The maximum Gasteiger partial charge on any atom is 0.338 e. The molecule has 0 unspecified atom stereocenters. The van der Waals surface area contributed by atoms with Gasteiger partial charge in [-0.3, -0.25) is 0 Å². The molecule has 0 aliphatic carbocycles. The molecule has 0 radical (unpaired) electrons. The average molecular weight is 332 g/mol. The van der Waals surface area contributed by atoms with E-state index in [1.165, 1.54) is 0 Å². The van der Waals surface area contributed by atoms with Crippen molar-refractivity contribution in [1.29, 1.82) is 0 Å². The highest BCUT2D eigenvalue weighted by Crippen LogP contribution is 2.30. The summed E-state index contributed by atoms with van der Waals surface area (Å²) >= 11 is 0. The summed E-state index contributed by atoms with van der Waals surface area (Å²) in [5.41, 5.74) is 1.68. The molecule has 0 saturated heterocycles. The summed E-state index contributed by atoms with van der Waals surface area (Å²) in [6.07, 6.45) is -0.592. The van der Waals surface area contributed by atoms with Crippen LogP contribution in [0.15, 0.2) is 53.4 Å². The predicted molar refractivity (Wildman–Crippen MR) is 85.5 cm³/mol. The van der Waals surface area contributed by atoms with E-state index >= 15 is 0 Å². The van der Waals surface area contributed by atoms with Crippen LogP contribution in [0.4, 0.5) is 5.69 Å². The van der Waals surface area contributed by atoms with E-state index in [-0.39, 0.29) is 4.90 Å². The largest absolute Gasteiger partial charge is 0.462 e. The third-order valence-corrected chi connectivity index (χ3v) is 4.99. The lowest BCUT2D eigenvalue weighted by atomic mass is 10.1. The van der Waals surface area contributed by atoms with Crippen molar-refractivity contribution in [2.45, 2.75) is 18.0 Å². The van der Waals surface area contributed by atoms with E-state index in [1.54, 1.807) is 55.5 Å². The molecule has 6 nitrogen and oxygen atoms in total. The summed E-state index contributed by atoms with van der Waals surface area (Å²) in [4.78, 5) is 11.9. The second-order valence-electron chi connectivity index (χ2n) is 5.04. The van der Waals surface area contributed by atoms with Crippen molar-refractivity contribution in [2.75, 3.05) is 11.9 Å². The van der Waals surface area contributed by atoms with Crippen molar-refractivity contribution >= 4 is 21.7 Å². The molecule has 2 N–H and O–H groups in total. The molecular weight excluding hydrogens is 316 g/mol. The number of hydrogen-bond acceptors (Lipinski definition) is 5. The molecule has 1 heterocycles. The number of sulfonamides is 1. The van der Waals surface area contributed by atoms with E-state index in [4.69, 9.17) is 4.74 Å². The lowest BCUT2D eigenvalue weighted by Gasteiger charge is -2.28. The fourth-order valence-electron chi connectivity index (χ4n) is 2.40. The highest BCUT2D eigenvalue weighted by molar-refractivity contribution is 7.89. The molecule has 0 aromatic heterocycles. The molecule has 1 aliphatic rings. The van der Waals surface area contributed by atoms with Gasteiger partial charge in [-0.15, -0.1) is 0 Å². The number of anilines is 1. The van der Waals surface area contributed by atoms with Crippen LogP contribution in [0, 0.1) is 0 Å². The van der Waals surface area contributed by atoms with Crippen LogP contribution in [-0.4, -0.2) is 21.0 Å². The van der Waals surface area contributed by atoms with Gasteiger partial charge in [-0.05, 0) is 36.8 Å². The molecular formula is C16H16N2O4S. The van der Waals surface area contributed by atoms with Crippen LogP contribution in [0.3, 0.4) is 0 Å². The Morgan fingerprint density at radius 1 is 1.13 bits per heavy atom. The lowest BCUT2D eigenvalue weighted by molar-refractivity contribution is 0.0526. The van der Waals surface area contributed by atoms with Crippen LogP contribution in [0.25, 0.3) is 0 Å². The number of carbonyl (C=O) groups is 1. The van der Waals surface area contributed by atoms with Crippen LogP contribution in [0.1, 0.15) is 29.0 Å². The zero-order valence-corrected chi connectivity index (χ0v) is 13.3. The molecule has 23 heavy (non-hydrogen) atoms. The number of rotatable bonds is 3. The fraction of sp³-hybridized carbons (Fsp3) is 0.188. The van der Waals surface area contributed by atoms with Crippen molar-refractivity contribution in [2.24, 2.45) is 0 Å². The Morgan fingerprint density at radius 3 is 2.52 bits per heavy atom. The van der Waals surface area contributed by atoms with Gasteiger partial charge in [0.15, 0.2) is 0 Å². The maximum absolute atomic E-state index is 12.3. The summed E-state index contributed by atoms with van der Waals surface area (Å²) in [5.74, 6) is -0.401. The quantitative estimate of drug-likeness (QED) is 0.842. The Morgan fingerprint density at radius 2 is 1.83 bits per heavy atom. The molecule has 0 bridgehead atoms. The zero-order valence-electron chi connectivity index (χ0n) is 12.4. The second-order valence-corrected chi connectivity index (χ2v) is 6.72. The van der Waals surface area contributed by atoms with Gasteiger partial charge in [-0.25, -0.2) is 13.2 Å². The Hall–Kier alpha value is -2.38. The van der Waals surface area contributed by atoms with E-state index in [0.717, 1.165) is 0 Å². The molecule has 120 valence electrons. The van der Waals surface area contributed by atoms with Gasteiger partial charge in [0.25, 0.3) is 0 Å². The molecule has 2 aromatic rings. The average Bonchev–Trinajstić information content (AvgIpc) is 2.54. The van der Waals surface area contributed by atoms with E-state index in [1.807, 2.05) is 0 Å². The molecule has 0 saturated carbocycles. The third kappa shape index (κ3) is 3.06. The first-order valence-corrected chi connectivity index (χ1v) is 8.64. The van der Waals surface area contributed by atoms with Crippen LogP contribution >= 0.6 is 0 Å². The highest BCUT2D eigenvalue weighted by Gasteiger charge is 2.29. The van der Waals surface area contributed by atoms with Gasteiger partial charge in [0, 0.05) is 0 Å². The van der Waals surface area contributed by atoms with Crippen molar-refractivity contribution in [3.63, 3.8) is 0 Å². The summed E-state index contributed by atoms with van der Waals surface area (Å²) in [6.45, 7) is 2.05. The second kappa shape index (κ2) is 6.02. The van der Waals surface area contributed by atoms with Gasteiger partial charge in [-0.1, -0.05) is 24.3 Å². The molecule has 1 atom stereocenters. The molecule has 2 aromatic carbocycles. The topological polar surface area (TPSA) is 84.5 Å². The zero-order chi connectivity index (χ0) is 16.4. The van der Waals surface area contributed by atoms with Gasteiger partial charge in [-0.2, -0.15) is 4.72 Å². The van der Waals surface area contributed by atoms with Gasteiger partial charge in [0.2, 0.25) is 10.0 Å². The number of carbonyl (C=O) groups excluding carboxylic acids is 1. The van der Waals surface area contributed by atoms with E-state index in [9.17, 15) is 13.2 Å². The first-order valence-electron chi connectivity index (χ1n) is 7.16. The van der Waals surface area contributed by atoms with Crippen LogP contribution in [0.2, 0.25) is 0 Å². The molecule has 0 amide bonds. The van der Waals surface area contributed by atoms with E-state index < -0.39 is 22.2 Å². The van der Waals surface area contributed by atoms with E-state index in [2.05, 4.69) is 10.0 Å². The molecule has 7 heteroatoms. The smallest absolute Gasteiger partial charge is 0.338 e. The Kier molecular flexibility index (Phi) is 4.06. The number of ether oxygens (including phenoxy) is 1. The summed E-state index contributed by atoms with van der Waals surface area (Å²) in [5, 5.41) is 3.14. The maximum atomic E-state index is 12.3. The number of fused-ring (bicyclic) bond motifs is 1. The van der Waals surface area contributed by atoms with Gasteiger partial charge in [0.05, 0.1) is 17.9 Å². The predicted octanol–water partition coefficient (Wildman–Crippen LogP) is 2.27. The number of benzene rings is 2. The summed E-state index contributed by atoms with van der Waals surface area (Å²) < 4.78 is 32.1. The van der Waals surface area contributed by atoms with Crippen LogP contribution in [0.5, 0.6) is 0 Å². The normalized spacial score (nSPS) is 18.6. The molecule has 0 fully saturated rings. The van der Waals surface area contributed by atoms with E-state index in [0.29, 0.717) is 23.4 Å². The number of nitrogens with one attached hydrogen (secondary N) is 2. The van der Waals surface area contributed by atoms with Gasteiger partial charge in [0.1, 0.15) is 11.1 Å². The highest BCUT2D eigenvalue weighted by atomic mass is 32.2. The number of para-hydroxylation sites is 1. The monoisotopic (exact) mass is 332 g/mol. The lowest BCUT2D eigenvalue weighted by Crippen LogP contribution is -2.38. The molecule has 3 rings (SSSR count). The van der Waals surface area contributed by atoms with Gasteiger partial charge >= 0.3 is 5.97 Å². The van der Waals surface area contributed by atoms with Crippen molar-refractivity contribution in [1.82, 2.24) is 4.72 Å². The Balaban J connectivity index is 1.88. The van der Waals surface area contributed by atoms with Crippen molar-refractivity contribution in [3.8, 4) is 0 Å². The fourth-order valence-corrected chi connectivity index (χ4v) is 3.71. The minimum absolute atomic E-state index is 0.222. The first-order chi connectivity index (χ1) is 11.0. The first kappa shape index (κ1) is 15.5. The standard InChI is InChI=1S/C16H16N2O4S/c1-2-22-16(19)12-9-7-11(8-10-12)15-17-13-5-3-4-6-14(13)23(20,21)18-15/h3-10,15,17-18H,2H2,1H3/t15-/m0/s1. The van der Waals surface area contributed by atoms with Gasteiger partial charge < -0.3 is 10.1 Å². The van der Waals surface area contributed by atoms with Crippen molar-refractivity contribution in [3.05, 3.63) is 59.7 Å². The number of esters is 1. The summed E-state index contributed by atoms with van der Waals surface area (Å²) in [7, 11) is -3.58.